The molecule has 0 spiro atoms. The van der Waals surface area contributed by atoms with Crippen LogP contribution in [0.15, 0.2) is 18.3 Å². The summed E-state index contributed by atoms with van der Waals surface area (Å²) in [4.78, 5) is 17.8. The molecule has 0 radical (unpaired) electrons. The van der Waals surface area contributed by atoms with Crippen molar-refractivity contribution in [3.63, 3.8) is 0 Å². The number of esters is 1. The summed E-state index contributed by atoms with van der Waals surface area (Å²) in [5, 5.41) is 0. The van der Waals surface area contributed by atoms with Crippen molar-refractivity contribution in [2.24, 2.45) is 0 Å². The fourth-order valence-electron chi connectivity index (χ4n) is 1.99. The van der Waals surface area contributed by atoms with Crippen LogP contribution in [0.2, 0.25) is 0 Å². The lowest BCUT2D eigenvalue weighted by atomic mass is 10.1. The molecule has 0 saturated carbocycles. The number of piperidine rings is 1. The van der Waals surface area contributed by atoms with Crippen LogP contribution in [-0.4, -0.2) is 49.2 Å². The van der Waals surface area contributed by atoms with Gasteiger partial charge in [0.2, 0.25) is 5.88 Å². The first-order valence-corrected chi connectivity index (χ1v) is 6.08. The molecule has 1 fully saturated rings. The minimum Gasteiger partial charge on any atom is -0.474 e. The number of aromatic nitrogens is 1. The number of nitrogens with zero attached hydrogens (tertiary/aromatic N) is 2. The second-order valence-electron chi connectivity index (χ2n) is 4.49. The van der Waals surface area contributed by atoms with Crippen LogP contribution in [-0.2, 0) is 4.74 Å². The Morgan fingerprint density at radius 1 is 1.44 bits per heavy atom. The van der Waals surface area contributed by atoms with Gasteiger partial charge in [0.25, 0.3) is 0 Å². The van der Waals surface area contributed by atoms with Gasteiger partial charge in [-0.1, -0.05) is 0 Å². The van der Waals surface area contributed by atoms with Gasteiger partial charge in [-0.15, -0.1) is 0 Å². The average Bonchev–Trinajstić information content (AvgIpc) is 2.41. The minimum atomic E-state index is -0.370. The van der Waals surface area contributed by atoms with Gasteiger partial charge in [0.15, 0.2) is 0 Å². The van der Waals surface area contributed by atoms with Gasteiger partial charge in [0, 0.05) is 25.4 Å². The Bertz CT molecular complexity index is 414. The van der Waals surface area contributed by atoms with Crippen molar-refractivity contribution in [3.05, 3.63) is 23.9 Å². The van der Waals surface area contributed by atoms with E-state index in [1.165, 1.54) is 7.11 Å². The molecular weight excluding hydrogens is 232 g/mol. The molecule has 5 nitrogen and oxygen atoms in total. The van der Waals surface area contributed by atoms with Gasteiger partial charge < -0.3 is 14.4 Å². The first kappa shape index (κ1) is 12.8. The molecule has 1 aromatic heterocycles. The largest absolute Gasteiger partial charge is 0.474 e. The third kappa shape index (κ3) is 3.20. The third-order valence-electron chi connectivity index (χ3n) is 3.11. The summed E-state index contributed by atoms with van der Waals surface area (Å²) in [6, 6.07) is 3.25. The van der Waals surface area contributed by atoms with Crippen LogP contribution in [0.25, 0.3) is 0 Å². The van der Waals surface area contributed by atoms with Gasteiger partial charge in [-0.05, 0) is 26.0 Å². The predicted octanol–water partition coefficient (Wildman–Crippen LogP) is 1.34. The summed E-state index contributed by atoms with van der Waals surface area (Å²) in [7, 11) is 3.46. The molecule has 1 aliphatic rings. The number of rotatable bonds is 3. The molecule has 1 aliphatic heterocycles. The van der Waals surface area contributed by atoms with Crippen LogP contribution < -0.4 is 4.74 Å². The smallest absolute Gasteiger partial charge is 0.338 e. The standard InChI is InChI=1S/C13H18N2O3/c1-15-7-4-11(5-8-15)18-12-9-10(3-6-14-12)13(16)17-2/h3,6,9,11H,4-5,7-8H2,1-2H3. The van der Waals surface area contributed by atoms with E-state index in [4.69, 9.17) is 4.74 Å². The van der Waals surface area contributed by atoms with Crippen LogP contribution in [0.5, 0.6) is 5.88 Å². The number of methoxy groups -OCH3 is 1. The summed E-state index contributed by atoms with van der Waals surface area (Å²) >= 11 is 0. The van der Waals surface area contributed by atoms with Crippen molar-refractivity contribution in [1.82, 2.24) is 9.88 Å². The molecular formula is C13H18N2O3. The number of ether oxygens (including phenoxy) is 2. The molecule has 0 N–H and O–H groups in total. The van der Waals surface area contributed by atoms with Gasteiger partial charge in [-0.3, -0.25) is 0 Å². The maximum absolute atomic E-state index is 11.4. The Balaban J connectivity index is 1.99. The van der Waals surface area contributed by atoms with Crippen LogP contribution in [0, 0.1) is 0 Å². The highest BCUT2D eigenvalue weighted by molar-refractivity contribution is 5.89. The Morgan fingerprint density at radius 3 is 2.83 bits per heavy atom. The molecule has 2 rings (SSSR count). The Morgan fingerprint density at radius 2 is 2.17 bits per heavy atom. The zero-order valence-corrected chi connectivity index (χ0v) is 10.8. The lowest BCUT2D eigenvalue weighted by Gasteiger charge is -2.28. The monoisotopic (exact) mass is 250 g/mol. The van der Waals surface area contributed by atoms with Crippen molar-refractivity contribution < 1.29 is 14.3 Å². The van der Waals surface area contributed by atoms with E-state index < -0.39 is 0 Å². The minimum absolute atomic E-state index is 0.182. The number of carbonyl (C=O) groups is 1. The zero-order valence-electron chi connectivity index (χ0n) is 10.8. The normalized spacial score (nSPS) is 17.4. The summed E-state index contributed by atoms with van der Waals surface area (Å²) in [5.41, 5.74) is 0.468. The highest BCUT2D eigenvalue weighted by Crippen LogP contribution is 2.17. The maximum atomic E-state index is 11.4. The van der Waals surface area contributed by atoms with E-state index in [2.05, 4.69) is 21.7 Å². The van der Waals surface area contributed by atoms with Crippen molar-refractivity contribution in [1.29, 1.82) is 0 Å². The summed E-state index contributed by atoms with van der Waals surface area (Å²) in [6.07, 6.45) is 3.72. The predicted molar refractivity (Wildman–Crippen MR) is 66.7 cm³/mol. The van der Waals surface area contributed by atoms with Gasteiger partial charge >= 0.3 is 5.97 Å². The second-order valence-corrected chi connectivity index (χ2v) is 4.49. The number of hydrogen-bond donors (Lipinski definition) is 0. The van der Waals surface area contributed by atoms with Gasteiger partial charge in [-0.2, -0.15) is 0 Å². The van der Waals surface area contributed by atoms with Crippen LogP contribution in [0.1, 0.15) is 23.2 Å². The average molecular weight is 250 g/mol. The molecule has 0 bridgehead atoms. The van der Waals surface area contributed by atoms with Crippen LogP contribution in [0.3, 0.4) is 0 Å². The molecule has 98 valence electrons. The first-order chi connectivity index (χ1) is 8.69. The number of likely N-dealkylation sites (tertiary alicyclic amines) is 1. The van der Waals surface area contributed by atoms with E-state index >= 15 is 0 Å². The fraction of sp³-hybridized carbons (Fsp3) is 0.538. The van der Waals surface area contributed by atoms with Gasteiger partial charge in [0.05, 0.1) is 12.7 Å². The summed E-state index contributed by atoms with van der Waals surface area (Å²) < 4.78 is 10.5. The first-order valence-electron chi connectivity index (χ1n) is 6.08. The Kier molecular flexibility index (Phi) is 4.15. The van der Waals surface area contributed by atoms with Crippen molar-refractivity contribution in [2.45, 2.75) is 18.9 Å². The van der Waals surface area contributed by atoms with Crippen LogP contribution >= 0.6 is 0 Å². The molecule has 0 atom stereocenters. The number of pyridine rings is 1. The number of carbonyl (C=O) groups excluding carboxylic acids is 1. The molecule has 18 heavy (non-hydrogen) atoms. The second kappa shape index (κ2) is 5.82. The highest BCUT2D eigenvalue weighted by Gasteiger charge is 2.19. The van der Waals surface area contributed by atoms with E-state index in [1.807, 2.05) is 0 Å². The molecule has 1 aromatic rings. The van der Waals surface area contributed by atoms with E-state index in [0.29, 0.717) is 11.4 Å². The lowest BCUT2D eigenvalue weighted by molar-refractivity contribution is 0.0598. The zero-order chi connectivity index (χ0) is 13.0. The van der Waals surface area contributed by atoms with Crippen molar-refractivity contribution in [3.8, 4) is 5.88 Å². The van der Waals surface area contributed by atoms with Gasteiger partial charge in [0.1, 0.15) is 6.10 Å². The lowest BCUT2D eigenvalue weighted by Crippen LogP contribution is -2.35. The van der Waals surface area contributed by atoms with E-state index in [1.54, 1.807) is 18.3 Å². The van der Waals surface area contributed by atoms with Gasteiger partial charge in [-0.25, -0.2) is 9.78 Å². The topological polar surface area (TPSA) is 51.7 Å². The molecule has 0 amide bonds. The Hall–Kier alpha value is -1.62. The summed E-state index contributed by atoms with van der Waals surface area (Å²) in [5.74, 6) is 0.123. The van der Waals surface area contributed by atoms with Crippen molar-refractivity contribution >= 4 is 5.97 Å². The molecule has 1 saturated heterocycles. The molecule has 0 aliphatic carbocycles. The molecule has 0 aromatic carbocycles. The maximum Gasteiger partial charge on any atom is 0.338 e. The van der Waals surface area contributed by atoms with E-state index in [-0.39, 0.29) is 12.1 Å². The van der Waals surface area contributed by atoms with Crippen molar-refractivity contribution in [2.75, 3.05) is 27.2 Å². The fourth-order valence-corrected chi connectivity index (χ4v) is 1.99. The molecule has 5 heteroatoms. The van der Waals surface area contributed by atoms with Crippen LogP contribution in [0.4, 0.5) is 0 Å². The Labute approximate surface area is 107 Å². The molecule has 0 unspecified atom stereocenters. The number of hydrogen-bond acceptors (Lipinski definition) is 5. The quantitative estimate of drug-likeness (QED) is 0.758. The third-order valence-corrected chi connectivity index (χ3v) is 3.11. The molecule has 2 heterocycles. The SMILES string of the molecule is COC(=O)c1ccnc(OC2CCN(C)CC2)c1. The van der Waals surface area contributed by atoms with E-state index in [0.717, 1.165) is 25.9 Å². The van der Waals surface area contributed by atoms with E-state index in [9.17, 15) is 4.79 Å². The summed E-state index contributed by atoms with van der Waals surface area (Å²) in [6.45, 7) is 2.06. The highest BCUT2D eigenvalue weighted by atomic mass is 16.5.